The molecule has 0 aliphatic carbocycles. The Morgan fingerprint density at radius 3 is 2.45 bits per heavy atom. The lowest BCUT2D eigenvalue weighted by Crippen LogP contribution is -2.36. The lowest BCUT2D eigenvalue weighted by Gasteiger charge is -2.25. The third-order valence-corrected chi connectivity index (χ3v) is 3.41. The van der Waals surface area contributed by atoms with Crippen molar-refractivity contribution in [3.8, 4) is 5.75 Å². The van der Waals surface area contributed by atoms with Crippen molar-refractivity contribution in [1.29, 1.82) is 0 Å². The van der Waals surface area contributed by atoms with Crippen LogP contribution in [0.5, 0.6) is 5.75 Å². The van der Waals surface area contributed by atoms with Gasteiger partial charge in [-0.2, -0.15) is 0 Å². The summed E-state index contributed by atoms with van der Waals surface area (Å²) in [6, 6.07) is 5.78. The first-order valence-corrected chi connectivity index (χ1v) is 7.05. The van der Waals surface area contributed by atoms with Crippen LogP contribution in [0.25, 0.3) is 0 Å². The van der Waals surface area contributed by atoms with E-state index < -0.39 is 0 Å². The number of carbonyl (C=O) groups excluding carboxylic acids is 1. The van der Waals surface area contributed by atoms with Gasteiger partial charge in [0.2, 0.25) is 0 Å². The van der Waals surface area contributed by atoms with Gasteiger partial charge in [-0.1, -0.05) is 33.8 Å². The first kappa shape index (κ1) is 16.5. The SMILES string of the molecule is CC(C)C(CNC(=O)COc1cccc(F)c1)C(C)C. The van der Waals surface area contributed by atoms with E-state index in [0.29, 0.717) is 30.0 Å². The number of nitrogens with one attached hydrogen (secondary N) is 1. The number of ether oxygens (including phenoxy) is 1. The number of hydrogen-bond acceptors (Lipinski definition) is 2. The maximum absolute atomic E-state index is 12.9. The summed E-state index contributed by atoms with van der Waals surface area (Å²) in [4.78, 5) is 11.7. The van der Waals surface area contributed by atoms with Crippen LogP contribution in [0.1, 0.15) is 27.7 Å². The van der Waals surface area contributed by atoms with E-state index >= 15 is 0 Å². The average molecular weight is 281 g/mol. The molecule has 0 saturated carbocycles. The highest BCUT2D eigenvalue weighted by Gasteiger charge is 2.18. The number of rotatable bonds is 7. The Balaban J connectivity index is 2.37. The molecule has 0 bridgehead atoms. The molecule has 112 valence electrons. The van der Waals surface area contributed by atoms with Crippen LogP contribution in [0.4, 0.5) is 4.39 Å². The van der Waals surface area contributed by atoms with Gasteiger partial charge in [0.25, 0.3) is 5.91 Å². The van der Waals surface area contributed by atoms with Crippen LogP contribution in [-0.2, 0) is 4.79 Å². The van der Waals surface area contributed by atoms with Gasteiger partial charge in [0, 0.05) is 12.6 Å². The standard InChI is InChI=1S/C16H24FNO2/c1-11(2)15(12(3)4)9-18-16(19)10-20-14-7-5-6-13(17)8-14/h5-8,11-12,15H,9-10H2,1-4H3,(H,18,19). The minimum absolute atomic E-state index is 0.0909. The Hall–Kier alpha value is -1.58. The highest BCUT2D eigenvalue weighted by Crippen LogP contribution is 2.19. The molecule has 1 aromatic rings. The fraction of sp³-hybridized carbons (Fsp3) is 0.562. The number of carbonyl (C=O) groups is 1. The molecular formula is C16H24FNO2. The Morgan fingerprint density at radius 2 is 1.90 bits per heavy atom. The summed E-state index contributed by atoms with van der Waals surface area (Å²) >= 11 is 0. The van der Waals surface area contributed by atoms with Crippen molar-refractivity contribution >= 4 is 5.91 Å². The van der Waals surface area contributed by atoms with Gasteiger partial charge < -0.3 is 10.1 Å². The third-order valence-electron chi connectivity index (χ3n) is 3.41. The molecule has 0 aliphatic heterocycles. The lowest BCUT2D eigenvalue weighted by molar-refractivity contribution is -0.123. The molecule has 3 nitrogen and oxygen atoms in total. The monoisotopic (exact) mass is 281 g/mol. The molecule has 20 heavy (non-hydrogen) atoms. The van der Waals surface area contributed by atoms with Crippen molar-refractivity contribution in [1.82, 2.24) is 5.32 Å². The van der Waals surface area contributed by atoms with Gasteiger partial charge in [-0.25, -0.2) is 4.39 Å². The van der Waals surface area contributed by atoms with E-state index in [-0.39, 0.29) is 18.3 Å². The van der Waals surface area contributed by atoms with E-state index in [4.69, 9.17) is 4.74 Å². The van der Waals surface area contributed by atoms with Crippen LogP contribution < -0.4 is 10.1 Å². The van der Waals surface area contributed by atoms with Gasteiger partial charge in [0.05, 0.1) is 0 Å². The molecule has 1 aromatic carbocycles. The molecule has 0 saturated heterocycles. The maximum Gasteiger partial charge on any atom is 0.257 e. The molecule has 1 rings (SSSR count). The van der Waals surface area contributed by atoms with Gasteiger partial charge in [0.1, 0.15) is 11.6 Å². The third kappa shape index (κ3) is 5.59. The summed E-state index contributed by atoms with van der Waals surface area (Å²) in [6.45, 7) is 9.16. The van der Waals surface area contributed by atoms with Gasteiger partial charge in [-0.15, -0.1) is 0 Å². The van der Waals surface area contributed by atoms with Gasteiger partial charge in [-0.05, 0) is 29.9 Å². The van der Waals surface area contributed by atoms with Crippen molar-refractivity contribution in [2.45, 2.75) is 27.7 Å². The van der Waals surface area contributed by atoms with Gasteiger partial charge in [-0.3, -0.25) is 4.79 Å². The van der Waals surface area contributed by atoms with E-state index in [1.54, 1.807) is 12.1 Å². The first-order chi connectivity index (χ1) is 9.40. The van der Waals surface area contributed by atoms with Crippen LogP contribution in [0.15, 0.2) is 24.3 Å². The minimum atomic E-state index is -0.373. The zero-order valence-electron chi connectivity index (χ0n) is 12.7. The second-order valence-corrected chi connectivity index (χ2v) is 5.70. The normalized spacial score (nSPS) is 11.2. The predicted molar refractivity (Wildman–Crippen MR) is 78.1 cm³/mol. The predicted octanol–water partition coefficient (Wildman–Crippen LogP) is 3.25. The second kappa shape index (κ2) is 7.88. The van der Waals surface area contributed by atoms with Crippen molar-refractivity contribution in [2.24, 2.45) is 17.8 Å². The van der Waals surface area contributed by atoms with Crippen molar-refractivity contribution in [3.05, 3.63) is 30.1 Å². The minimum Gasteiger partial charge on any atom is -0.484 e. The Morgan fingerprint density at radius 1 is 1.25 bits per heavy atom. The summed E-state index contributed by atoms with van der Waals surface area (Å²) in [6.07, 6.45) is 0. The molecule has 0 atom stereocenters. The number of benzene rings is 1. The molecule has 0 spiro atoms. The summed E-state index contributed by atoms with van der Waals surface area (Å²) in [5, 5.41) is 2.87. The summed E-state index contributed by atoms with van der Waals surface area (Å²) in [5.41, 5.74) is 0. The van der Waals surface area contributed by atoms with E-state index in [9.17, 15) is 9.18 Å². The number of halogens is 1. The molecule has 0 unspecified atom stereocenters. The zero-order chi connectivity index (χ0) is 15.1. The smallest absolute Gasteiger partial charge is 0.257 e. The molecule has 0 heterocycles. The van der Waals surface area contributed by atoms with Crippen LogP contribution in [0.3, 0.4) is 0 Å². The summed E-state index contributed by atoms with van der Waals surface area (Å²) in [5.74, 6) is 1.28. The largest absolute Gasteiger partial charge is 0.484 e. The zero-order valence-corrected chi connectivity index (χ0v) is 12.7. The number of hydrogen-bond donors (Lipinski definition) is 1. The van der Waals surface area contributed by atoms with Crippen molar-refractivity contribution in [3.63, 3.8) is 0 Å². The van der Waals surface area contributed by atoms with Gasteiger partial charge in [0.15, 0.2) is 6.61 Å². The fourth-order valence-electron chi connectivity index (χ4n) is 2.23. The van der Waals surface area contributed by atoms with Crippen LogP contribution in [0, 0.1) is 23.6 Å². The number of amides is 1. The Kier molecular flexibility index (Phi) is 6.49. The van der Waals surface area contributed by atoms with Crippen LogP contribution >= 0.6 is 0 Å². The molecule has 1 N–H and O–H groups in total. The highest BCUT2D eigenvalue weighted by atomic mass is 19.1. The van der Waals surface area contributed by atoms with Crippen LogP contribution in [0.2, 0.25) is 0 Å². The van der Waals surface area contributed by atoms with Gasteiger partial charge >= 0.3 is 0 Å². The molecule has 0 radical (unpaired) electrons. The topological polar surface area (TPSA) is 38.3 Å². The van der Waals surface area contributed by atoms with E-state index in [1.807, 2.05) is 0 Å². The molecule has 0 fully saturated rings. The van der Waals surface area contributed by atoms with Crippen LogP contribution in [-0.4, -0.2) is 19.1 Å². The maximum atomic E-state index is 12.9. The van der Waals surface area contributed by atoms with E-state index in [0.717, 1.165) is 0 Å². The lowest BCUT2D eigenvalue weighted by atomic mass is 9.85. The molecule has 0 aliphatic rings. The summed E-state index contributed by atoms with van der Waals surface area (Å²) < 4.78 is 18.2. The Labute approximate surface area is 120 Å². The molecule has 1 amide bonds. The fourth-order valence-corrected chi connectivity index (χ4v) is 2.23. The van der Waals surface area contributed by atoms with E-state index in [2.05, 4.69) is 33.0 Å². The highest BCUT2D eigenvalue weighted by molar-refractivity contribution is 5.77. The average Bonchev–Trinajstić information content (AvgIpc) is 2.35. The van der Waals surface area contributed by atoms with Crippen molar-refractivity contribution < 1.29 is 13.9 Å². The van der Waals surface area contributed by atoms with Crippen molar-refractivity contribution in [2.75, 3.05) is 13.2 Å². The second-order valence-electron chi connectivity index (χ2n) is 5.70. The Bertz CT molecular complexity index is 424. The molecule has 4 heteroatoms. The summed E-state index contributed by atoms with van der Waals surface area (Å²) in [7, 11) is 0. The van der Waals surface area contributed by atoms with E-state index in [1.165, 1.54) is 12.1 Å². The first-order valence-electron chi connectivity index (χ1n) is 7.05. The molecular weight excluding hydrogens is 257 g/mol. The molecule has 0 aromatic heterocycles. The quantitative estimate of drug-likeness (QED) is 0.833.